The molecule has 0 radical (unpaired) electrons. The summed E-state index contributed by atoms with van der Waals surface area (Å²) in [5.41, 5.74) is 1.92. The molecule has 5 nitrogen and oxygen atoms in total. The molecule has 1 atom stereocenters. The number of hydrogen-bond donors (Lipinski definition) is 0. The summed E-state index contributed by atoms with van der Waals surface area (Å²) in [6.45, 7) is 1.77. The number of nitriles is 1. The Hall–Kier alpha value is -2.85. The van der Waals surface area contributed by atoms with Crippen molar-refractivity contribution < 1.29 is 4.39 Å². The summed E-state index contributed by atoms with van der Waals surface area (Å²) >= 11 is 1.46. The Morgan fingerprint density at radius 2 is 2.08 bits per heavy atom. The molecular formula is C19H16FN5S. The summed E-state index contributed by atoms with van der Waals surface area (Å²) < 4.78 is 14.0. The van der Waals surface area contributed by atoms with Gasteiger partial charge in [0.05, 0.1) is 11.9 Å². The maximum Gasteiger partial charge on any atom is 0.150 e. The molecule has 3 heterocycles. The van der Waals surface area contributed by atoms with Crippen LogP contribution in [0.25, 0.3) is 10.6 Å². The van der Waals surface area contributed by atoms with Crippen LogP contribution in [0.15, 0.2) is 42.6 Å². The van der Waals surface area contributed by atoms with Crippen LogP contribution in [-0.4, -0.2) is 28.3 Å². The molecule has 0 bridgehead atoms. The minimum absolute atomic E-state index is 0.261. The highest BCUT2D eigenvalue weighted by Gasteiger charge is 2.25. The summed E-state index contributed by atoms with van der Waals surface area (Å²) in [5, 5.41) is 19.0. The maximum absolute atomic E-state index is 14.0. The molecule has 1 aliphatic rings. The van der Waals surface area contributed by atoms with Crippen LogP contribution in [0, 0.1) is 17.1 Å². The highest BCUT2D eigenvalue weighted by molar-refractivity contribution is 7.14. The normalized spacial score (nSPS) is 17.1. The largest absolute Gasteiger partial charge is 0.370 e. The topological polar surface area (TPSA) is 65.7 Å². The number of benzene rings is 1. The Bertz CT molecular complexity index is 947. The molecule has 1 saturated heterocycles. The van der Waals surface area contributed by atoms with Crippen LogP contribution in [0.1, 0.15) is 29.5 Å². The van der Waals surface area contributed by atoms with Gasteiger partial charge in [0.1, 0.15) is 22.6 Å². The number of hydrogen-bond acceptors (Lipinski definition) is 6. The van der Waals surface area contributed by atoms with E-state index in [4.69, 9.17) is 5.26 Å². The highest BCUT2D eigenvalue weighted by atomic mass is 32.1. The predicted octanol–water partition coefficient (Wildman–Crippen LogP) is 3.99. The Balaban J connectivity index is 1.53. The van der Waals surface area contributed by atoms with E-state index in [0.717, 1.165) is 36.6 Å². The third-order valence-electron chi connectivity index (χ3n) is 4.54. The molecule has 26 heavy (non-hydrogen) atoms. The van der Waals surface area contributed by atoms with E-state index in [1.807, 2.05) is 12.1 Å². The molecule has 0 aliphatic carbocycles. The lowest BCUT2D eigenvalue weighted by atomic mass is 9.98. The molecule has 2 aromatic heterocycles. The average Bonchev–Trinajstić information content (AvgIpc) is 3.18. The molecule has 0 spiro atoms. The van der Waals surface area contributed by atoms with Crippen molar-refractivity contribution in [3.63, 3.8) is 0 Å². The fourth-order valence-corrected chi connectivity index (χ4v) is 4.19. The quantitative estimate of drug-likeness (QED) is 0.702. The van der Waals surface area contributed by atoms with Crippen molar-refractivity contribution >= 4 is 17.0 Å². The number of rotatable bonds is 3. The van der Waals surface area contributed by atoms with E-state index in [1.165, 1.54) is 17.4 Å². The zero-order valence-corrected chi connectivity index (χ0v) is 14.8. The van der Waals surface area contributed by atoms with Crippen LogP contribution in [0.3, 0.4) is 0 Å². The number of aromatic nitrogens is 3. The first-order chi connectivity index (χ1) is 12.7. The summed E-state index contributed by atoms with van der Waals surface area (Å²) in [6, 6.07) is 12.4. The second kappa shape index (κ2) is 7.18. The zero-order chi connectivity index (χ0) is 17.9. The highest BCUT2D eigenvalue weighted by Crippen LogP contribution is 2.34. The van der Waals surface area contributed by atoms with Gasteiger partial charge in [-0.2, -0.15) is 5.26 Å². The summed E-state index contributed by atoms with van der Waals surface area (Å²) in [6.07, 6.45) is 3.82. The Labute approximate surface area is 154 Å². The molecule has 130 valence electrons. The second-order valence-electron chi connectivity index (χ2n) is 6.22. The molecule has 3 aromatic rings. The number of nitrogens with zero attached hydrogens (tertiary/aromatic N) is 5. The van der Waals surface area contributed by atoms with Gasteiger partial charge in [-0.05, 0) is 37.1 Å². The third kappa shape index (κ3) is 3.28. The number of pyridine rings is 1. The van der Waals surface area contributed by atoms with Gasteiger partial charge in [-0.15, -0.1) is 10.2 Å². The summed E-state index contributed by atoms with van der Waals surface area (Å²) in [5.74, 6) is -0.0125. The molecule has 1 fully saturated rings. The third-order valence-corrected chi connectivity index (χ3v) is 5.66. The summed E-state index contributed by atoms with van der Waals surface area (Å²) in [7, 11) is 0. The van der Waals surface area contributed by atoms with Crippen LogP contribution >= 0.6 is 11.3 Å². The van der Waals surface area contributed by atoms with Crippen LogP contribution in [0.5, 0.6) is 0 Å². The van der Waals surface area contributed by atoms with E-state index in [-0.39, 0.29) is 11.7 Å². The van der Waals surface area contributed by atoms with Crippen molar-refractivity contribution in [1.29, 1.82) is 5.26 Å². The van der Waals surface area contributed by atoms with Crippen LogP contribution < -0.4 is 4.90 Å². The van der Waals surface area contributed by atoms with Crippen molar-refractivity contribution in [2.24, 2.45) is 0 Å². The minimum atomic E-state index is -0.274. The Morgan fingerprint density at radius 1 is 1.19 bits per heavy atom. The van der Waals surface area contributed by atoms with E-state index in [1.54, 1.807) is 30.5 Å². The Kier molecular flexibility index (Phi) is 4.59. The first-order valence-corrected chi connectivity index (χ1v) is 9.25. The fourth-order valence-electron chi connectivity index (χ4n) is 3.20. The Morgan fingerprint density at radius 3 is 2.85 bits per heavy atom. The SMILES string of the molecule is N#Cc1ccc(N2CCCC(c3nnc(-c4ccccc4F)s3)C2)cn1. The molecule has 0 saturated carbocycles. The molecule has 1 aliphatic heterocycles. The fraction of sp³-hybridized carbons (Fsp3) is 0.263. The van der Waals surface area contributed by atoms with Gasteiger partial charge in [-0.25, -0.2) is 9.37 Å². The zero-order valence-electron chi connectivity index (χ0n) is 14.0. The van der Waals surface area contributed by atoms with Gasteiger partial charge in [0.2, 0.25) is 0 Å². The lowest BCUT2D eigenvalue weighted by Gasteiger charge is -2.33. The first kappa shape index (κ1) is 16.6. The molecule has 0 N–H and O–H groups in total. The monoisotopic (exact) mass is 365 g/mol. The summed E-state index contributed by atoms with van der Waals surface area (Å²) in [4.78, 5) is 6.41. The predicted molar refractivity (Wildman–Crippen MR) is 98.4 cm³/mol. The van der Waals surface area contributed by atoms with Gasteiger partial charge < -0.3 is 4.90 Å². The van der Waals surface area contributed by atoms with E-state index >= 15 is 0 Å². The van der Waals surface area contributed by atoms with Crippen LogP contribution in [-0.2, 0) is 0 Å². The van der Waals surface area contributed by atoms with Gasteiger partial charge in [-0.3, -0.25) is 0 Å². The van der Waals surface area contributed by atoms with E-state index < -0.39 is 0 Å². The van der Waals surface area contributed by atoms with Crippen LogP contribution in [0.2, 0.25) is 0 Å². The van der Waals surface area contributed by atoms with Crippen molar-refractivity contribution in [3.05, 3.63) is 59.1 Å². The average molecular weight is 365 g/mol. The van der Waals surface area contributed by atoms with Crippen LogP contribution in [0.4, 0.5) is 10.1 Å². The molecule has 0 amide bonds. The second-order valence-corrected chi connectivity index (χ2v) is 7.23. The molecular weight excluding hydrogens is 349 g/mol. The molecule has 1 unspecified atom stereocenters. The molecule has 4 rings (SSSR count). The van der Waals surface area contributed by atoms with E-state index in [0.29, 0.717) is 16.3 Å². The molecule has 1 aromatic carbocycles. The van der Waals surface area contributed by atoms with Gasteiger partial charge in [0, 0.05) is 24.6 Å². The number of halogens is 1. The van der Waals surface area contributed by atoms with Crippen molar-refractivity contribution in [2.45, 2.75) is 18.8 Å². The van der Waals surface area contributed by atoms with Gasteiger partial charge in [-0.1, -0.05) is 23.5 Å². The van der Waals surface area contributed by atoms with Crippen molar-refractivity contribution in [2.75, 3.05) is 18.0 Å². The minimum Gasteiger partial charge on any atom is -0.370 e. The smallest absolute Gasteiger partial charge is 0.150 e. The van der Waals surface area contributed by atoms with Gasteiger partial charge in [0.25, 0.3) is 0 Å². The van der Waals surface area contributed by atoms with E-state index in [2.05, 4.69) is 20.1 Å². The number of piperidine rings is 1. The first-order valence-electron chi connectivity index (χ1n) is 8.44. The van der Waals surface area contributed by atoms with Crippen molar-refractivity contribution in [3.8, 4) is 16.6 Å². The number of anilines is 1. The van der Waals surface area contributed by atoms with Gasteiger partial charge >= 0.3 is 0 Å². The molecule has 7 heteroatoms. The van der Waals surface area contributed by atoms with Gasteiger partial charge in [0.15, 0.2) is 5.01 Å². The standard InChI is InChI=1S/C19H16FN5S/c20-17-6-2-1-5-16(17)19-24-23-18(26-19)13-4-3-9-25(12-13)15-8-7-14(10-21)22-11-15/h1-2,5-8,11,13H,3-4,9,12H2. The van der Waals surface area contributed by atoms with E-state index in [9.17, 15) is 4.39 Å². The lowest BCUT2D eigenvalue weighted by Crippen LogP contribution is -2.34. The lowest BCUT2D eigenvalue weighted by molar-refractivity contribution is 0.505. The maximum atomic E-state index is 14.0. The van der Waals surface area contributed by atoms with Crippen molar-refractivity contribution in [1.82, 2.24) is 15.2 Å².